The number of nitrogens with one attached hydrogen (secondary N) is 1. The van der Waals surface area contributed by atoms with E-state index in [9.17, 15) is 0 Å². The van der Waals surface area contributed by atoms with Gasteiger partial charge in [0.25, 0.3) is 0 Å². The van der Waals surface area contributed by atoms with Gasteiger partial charge in [-0.15, -0.1) is 0 Å². The molecule has 3 rings (SSSR count). The van der Waals surface area contributed by atoms with Crippen LogP contribution in [0.2, 0.25) is 0 Å². The average Bonchev–Trinajstić information content (AvgIpc) is 2.76. The van der Waals surface area contributed by atoms with Crippen LogP contribution in [0.3, 0.4) is 0 Å². The number of hydrogen-bond donors (Lipinski definition) is 1. The van der Waals surface area contributed by atoms with Crippen molar-refractivity contribution in [1.29, 1.82) is 0 Å². The third kappa shape index (κ3) is 1.61. The number of fused-ring (bicyclic) bond motifs is 1. The first-order chi connectivity index (χ1) is 7.84. The fraction of sp³-hybridized carbons (Fsp3) is 0.154. The number of allylic oxidation sites excluding steroid dienone is 4. The highest BCUT2D eigenvalue weighted by Gasteiger charge is 2.13. The van der Waals surface area contributed by atoms with Gasteiger partial charge < -0.3 is 4.98 Å². The zero-order chi connectivity index (χ0) is 11.0. The molecule has 0 radical (unpaired) electrons. The molecular weight excluding hydrogens is 264 g/mol. The molecule has 1 aliphatic rings. The van der Waals surface area contributed by atoms with Crippen molar-refractivity contribution in [2.24, 2.45) is 0 Å². The molecule has 2 nitrogen and oxygen atoms in total. The summed E-state index contributed by atoms with van der Waals surface area (Å²) in [6, 6.07) is 6.09. The van der Waals surface area contributed by atoms with Crippen LogP contribution in [-0.2, 0) is 0 Å². The molecule has 1 aromatic heterocycles. The lowest BCUT2D eigenvalue weighted by atomic mass is 10.0. The van der Waals surface area contributed by atoms with E-state index in [1.807, 2.05) is 12.1 Å². The molecule has 0 amide bonds. The Kier molecular flexibility index (Phi) is 2.40. The largest absolute Gasteiger partial charge is 0.341 e. The summed E-state index contributed by atoms with van der Waals surface area (Å²) >= 11 is 3.52. The van der Waals surface area contributed by atoms with Gasteiger partial charge in [-0.1, -0.05) is 30.4 Å². The predicted molar refractivity (Wildman–Crippen MR) is 69.4 cm³/mol. The molecule has 1 heterocycles. The molecule has 0 saturated carbocycles. The van der Waals surface area contributed by atoms with Crippen molar-refractivity contribution in [3.05, 3.63) is 52.8 Å². The van der Waals surface area contributed by atoms with Crippen LogP contribution in [0.1, 0.15) is 18.2 Å². The van der Waals surface area contributed by atoms with E-state index in [0.717, 1.165) is 27.8 Å². The Morgan fingerprint density at radius 2 is 2.25 bits per heavy atom. The first kappa shape index (κ1) is 9.85. The van der Waals surface area contributed by atoms with E-state index in [1.165, 1.54) is 0 Å². The molecule has 0 aliphatic heterocycles. The summed E-state index contributed by atoms with van der Waals surface area (Å²) in [7, 11) is 0. The van der Waals surface area contributed by atoms with Gasteiger partial charge in [-0.05, 0) is 34.5 Å². The molecule has 1 N–H and O–H groups in total. The molecule has 1 atom stereocenters. The number of nitrogens with zero attached hydrogens (tertiary/aromatic N) is 1. The molecular formula is C13H11BrN2. The van der Waals surface area contributed by atoms with Crippen LogP contribution < -0.4 is 0 Å². The minimum Gasteiger partial charge on any atom is -0.341 e. The van der Waals surface area contributed by atoms with Crippen LogP contribution in [0.15, 0.2) is 47.0 Å². The number of aromatic nitrogens is 2. The topological polar surface area (TPSA) is 28.7 Å². The van der Waals surface area contributed by atoms with Crippen LogP contribution in [0.25, 0.3) is 11.0 Å². The number of aromatic amines is 1. The van der Waals surface area contributed by atoms with E-state index in [-0.39, 0.29) is 0 Å². The number of imidazole rings is 1. The number of halogens is 1. The van der Waals surface area contributed by atoms with Crippen molar-refractivity contribution in [1.82, 2.24) is 9.97 Å². The lowest BCUT2D eigenvalue weighted by Gasteiger charge is -2.08. The van der Waals surface area contributed by atoms with Crippen molar-refractivity contribution in [3.8, 4) is 0 Å². The molecule has 1 aliphatic carbocycles. The fourth-order valence-electron chi connectivity index (χ4n) is 1.98. The molecule has 0 bridgehead atoms. The smallest absolute Gasteiger partial charge is 0.114 e. The van der Waals surface area contributed by atoms with E-state index < -0.39 is 0 Å². The molecule has 1 unspecified atom stereocenters. The van der Waals surface area contributed by atoms with Gasteiger partial charge in [0.2, 0.25) is 0 Å². The Bertz CT molecular complexity index is 581. The van der Waals surface area contributed by atoms with Crippen molar-refractivity contribution in [3.63, 3.8) is 0 Å². The molecule has 0 spiro atoms. The Hall–Kier alpha value is -1.35. The number of rotatable bonds is 1. The summed E-state index contributed by atoms with van der Waals surface area (Å²) in [5.74, 6) is 1.42. The van der Waals surface area contributed by atoms with Gasteiger partial charge in [-0.2, -0.15) is 0 Å². The standard InChI is InChI=1S/C13H11BrN2/c14-10-7-4-8-11-12(10)16-13(15-11)9-5-2-1-3-6-9/h1-5,7-9H,6H2,(H,15,16). The van der Waals surface area contributed by atoms with Crippen LogP contribution >= 0.6 is 15.9 Å². The van der Waals surface area contributed by atoms with Crippen molar-refractivity contribution < 1.29 is 0 Å². The highest BCUT2D eigenvalue weighted by atomic mass is 79.9. The van der Waals surface area contributed by atoms with Gasteiger partial charge in [0, 0.05) is 10.4 Å². The molecule has 0 saturated heterocycles. The molecule has 0 fully saturated rings. The predicted octanol–water partition coefficient (Wildman–Crippen LogP) is 3.93. The Labute approximate surface area is 102 Å². The quantitative estimate of drug-likeness (QED) is 0.839. The maximum Gasteiger partial charge on any atom is 0.114 e. The van der Waals surface area contributed by atoms with E-state index in [0.29, 0.717) is 5.92 Å². The maximum absolute atomic E-state index is 4.65. The summed E-state index contributed by atoms with van der Waals surface area (Å²) in [5, 5.41) is 0. The number of benzene rings is 1. The van der Waals surface area contributed by atoms with Gasteiger partial charge >= 0.3 is 0 Å². The third-order valence-corrected chi connectivity index (χ3v) is 3.45. The van der Waals surface area contributed by atoms with E-state index >= 15 is 0 Å². The normalized spacial score (nSPS) is 19.4. The highest BCUT2D eigenvalue weighted by molar-refractivity contribution is 9.10. The minimum absolute atomic E-state index is 0.379. The van der Waals surface area contributed by atoms with E-state index in [4.69, 9.17) is 0 Å². The first-order valence-corrected chi connectivity index (χ1v) is 6.11. The van der Waals surface area contributed by atoms with Gasteiger partial charge in [-0.3, -0.25) is 0 Å². The molecule has 80 valence electrons. The van der Waals surface area contributed by atoms with Crippen molar-refractivity contribution in [2.45, 2.75) is 12.3 Å². The van der Waals surface area contributed by atoms with Gasteiger partial charge in [0.15, 0.2) is 0 Å². The summed E-state index contributed by atoms with van der Waals surface area (Å²) in [5.41, 5.74) is 2.10. The van der Waals surface area contributed by atoms with Crippen LogP contribution in [0.4, 0.5) is 0 Å². The second-order valence-electron chi connectivity index (χ2n) is 3.91. The average molecular weight is 275 g/mol. The Morgan fingerprint density at radius 1 is 1.31 bits per heavy atom. The molecule has 1 aromatic carbocycles. The van der Waals surface area contributed by atoms with Gasteiger partial charge in [-0.25, -0.2) is 4.98 Å². The minimum atomic E-state index is 0.379. The zero-order valence-electron chi connectivity index (χ0n) is 8.65. The number of hydrogen-bond acceptors (Lipinski definition) is 1. The maximum atomic E-state index is 4.65. The Balaban J connectivity index is 2.08. The lowest BCUT2D eigenvalue weighted by Crippen LogP contribution is -1.98. The number of para-hydroxylation sites is 1. The summed E-state index contributed by atoms with van der Waals surface area (Å²) in [6.45, 7) is 0. The SMILES string of the molecule is Brc1cccc2[nH]c(C3C=CC=CC3)nc12. The molecule has 2 aromatic rings. The Morgan fingerprint density at radius 3 is 3.00 bits per heavy atom. The highest BCUT2D eigenvalue weighted by Crippen LogP contribution is 2.27. The van der Waals surface area contributed by atoms with Crippen molar-refractivity contribution >= 4 is 27.0 Å². The van der Waals surface area contributed by atoms with E-state index in [2.05, 4.69) is 56.3 Å². The second-order valence-corrected chi connectivity index (χ2v) is 4.77. The van der Waals surface area contributed by atoms with Crippen LogP contribution in [0.5, 0.6) is 0 Å². The third-order valence-electron chi connectivity index (χ3n) is 2.81. The summed E-state index contributed by atoms with van der Waals surface area (Å²) in [6.07, 6.45) is 9.54. The van der Waals surface area contributed by atoms with Crippen LogP contribution in [-0.4, -0.2) is 9.97 Å². The summed E-state index contributed by atoms with van der Waals surface area (Å²) < 4.78 is 1.04. The number of H-pyrrole nitrogens is 1. The zero-order valence-corrected chi connectivity index (χ0v) is 10.2. The monoisotopic (exact) mass is 274 g/mol. The van der Waals surface area contributed by atoms with E-state index in [1.54, 1.807) is 0 Å². The fourth-order valence-corrected chi connectivity index (χ4v) is 2.43. The lowest BCUT2D eigenvalue weighted by molar-refractivity contribution is 0.794. The van der Waals surface area contributed by atoms with Crippen molar-refractivity contribution in [2.75, 3.05) is 0 Å². The first-order valence-electron chi connectivity index (χ1n) is 5.32. The van der Waals surface area contributed by atoms with Gasteiger partial charge in [0.05, 0.1) is 5.52 Å². The van der Waals surface area contributed by atoms with Crippen LogP contribution in [0, 0.1) is 0 Å². The second kappa shape index (κ2) is 3.91. The summed E-state index contributed by atoms with van der Waals surface area (Å²) in [4.78, 5) is 8.03. The van der Waals surface area contributed by atoms with Gasteiger partial charge in [0.1, 0.15) is 11.3 Å². The molecule has 3 heteroatoms. The molecule has 16 heavy (non-hydrogen) atoms.